The Hall–Kier alpha value is -3.04. The van der Waals surface area contributed by atoms with E-state index in [0.29, 0.717) is 0 Å². The zero-order chi connectivity index (χ0) is 20.1. The molecule has 28 heavy (non-hydrogen) atoms. The Bertz CT molecular complexity index is 1150. The first-order valence-electron chi connectivity index (χ1n) is 9.33. The van der Waals surface area contributed by atoms with Crippen LogP contribution in [0.15, 0.2) is 48.5 Å². The smallest absolute Gasteiger partial charge is 0.120 e. The molecule has 4 aromatic carbocycles. The zero-order valence-corrected chi connectivity index (χ0v) is 16.5. The third-order valence-corrected chi connectivity index (χ3v) is 4.56. The average Bonchev–Trinajstić information content (AvgIpc) is 2.61. The SMILES string of the molecule is CC(C)(O)C#Cc1cc2ccc3cc(C#CC(C)(C)O)cc4ccc(c1)c2c34. The molecule has 0 aromatic heterocycles. The number of hydrogen-bond acceptors (Lipinski definition) is 2. The van der Waals surface area contributed by atoms with Crippen LogP contribution in [0.4, 0.5) is 0 Å². The van der Waals surface area contributed by atoms with Crippen molar-refractivity contribution in [3.8, 4) is 23.7 Å². The third kappa shape index (κ3) is 3.67. The molecule has 4 rings (SSSR count). The Morgan fingerprint density at radius 1 is 0.571 bits per heavy atom. The molecule has 0 radical (unpaired) electrons. The van der Waals surface area contributed by atoms with E-state index in [-0.39, 0.29) is 0 Å². The van der Waals surface area contributed by atoms with Crippen LogP contribution < -0.4 is 0 Å². The summed E-state index contributed by atoms with van der Waals surface area (Å²) in [5.41, 5.74) is -0.243. The second-order valence-electron chi connectivity index (χ2n) is 8.34. The molecule has 0 unspecified atom stereocenters. The van der Waals surface area contributed by atoms with E-state index in [9.17, 15) is 10.2 Å². The van der Waals surface area contributed by atoms with E-state index in [1.807, 2.05) is 0 Å². The van der Waals surface area contributed by atoms with E-state index in [0.717, 1.165) is 32.7 Å². The Balaban J connectivity index is 1.94. The van der Waals surface area contributed by atoms with E-state index in [1.54, 1.807) is 27.7 Å². The van der Waals surface area contributed by atoms with Crippen LogP contribution in [0.1, 0.15) is 38.8 Å². The van der Waals surface area contributed by atoms with Crippen molar-refractivity contribution < 1.29 is 10.2 Å². The van der Waals surface area contributed by atoms with Crippen molar-refractivity contribution in [3.63, 3.8) is 0 Å². The fourth-order valence-electron chi connectivity index (χ4n) is 3.43. The van der Waals surface area contributed by atoms with Gasteiger partial charge in [0.1, 0.15) is 11.2 Å². The largest absolute Gasteiger partial charge is 0.378 e. The van der Waals surface area contributed by atoms with Gasteiger partial charge in [-0.15, -0.1) is 0 Å². The lowest BCUT2D eigenvalue weighted by Gasteiger charge is -2.12. The zero-order valence-electron chi connectivity index (χ0n) is 16.5. The molecule has 2 nitrogen and oxygen atoms in total. The summed E-state index contributed by atoms with van der Waals surface area (Å²) in [6, 6.07) is 16.7. The number of benzene rings is 4. The van der Waals surface area contributed by atoms with Crippen LogP contribution in [0, 0.1) is 23.7 Å². The van der Waals surface area contributed by atoms with Crippen molar-refractivity contribution in [1.29, 1.82) is 0 Å². The van der Waals surface area contributed by atoms with Gasteiger partial charge >= 0.3 is 0 Å². The van der Waals surface area contributed by atoms with Gasteiger partial charge in [-0.3, -0.25) is 0 Å². The van der Waals surface area contributed by atoms with Gasteiger partial charge in [0, 0.05) is 11.1 Å². The second kappa shape index (κ2) is 6.25. The summed E-state index contributed by atoms with van der Waals surface area (Å²) in [4.78, 5) is 0. The van der Waals surface area contributed by atoms with Gasteiger partial charge in [-0.1, -0.05) is 47.9 Å². The minimum Gasteiger partial charge on any atom is -0.378 e. The molecular weight excluding hydrogens is 344 g/mol. The van der Waals surface area contributed by atoms with Crippen LogP contribution in [-0.4, -0.2) is 21.4 Å². The molecule has 0 bridgehead atoms. The van der Waals surface area contributed by atoms with Gasteiger partial charge in [-0.05, 0) is 84.3 Å². The van der Waals surface area contributed by atoms with Gasteiger partial charge in [0.25, 0.3) is 0 Å². The van der Waals surface area contributed by atoms with Crippen LogP contribution in [0.3, 0.4) is 0 Å². The summed E-state index contributed by atoms with van der Waals surface area (Å²) in [5, 5.41) is 26.7. The summed E-state index contributed by atoms with van der Waals surface area (Å²) in [6.07, 6.45) is 0. The molecule has 0 aliphatic heterocycles. The fourth-order valence-corrected chi connectivity index (χ4v) is 3.43. The molecule has 0 aliphatic rings. The molecule has 0 saturated carbocycles. The molecule has 0 spiro atoms. The van der Waals surface area contributed by atoms with Gasteiger partial charge in [0.15, 0.2) is 0 Å². The van der Waals surface area contributed by atoms with E-state index < -0.39 is 11.2 Å². The number of hydrogen-bond donors (Lipinski definition) is 2. The minimum absolute atomic E-state index is 0.893. The topological polar surface area (TPSA) is 40.5 Å². The minimum atomic E-state index is -1.01. The van der Waals surface area contributed by atoms with E-state index in [1.165, 1.54) is 10.8 Å². The summed E-state index contributed by atoms with van der Waals surface area (Å²) in [7, 11) is 0. The molecule has 0 heterocycles. The van der Waals surface area contributed by atoms with Crippen LogP contribution in [0.25, 0.3) is 32.3 Å². The summed E-state index contributed by atoms with van der Waals surface area (Å²) in [5.74, 6) is 11.9. The Kier molecular flexibility index (Phi) is 4.09. The van der Waals surface area contributed by atoms with E-state index >= 15 is 0 Å². The number of aliphatic hydroxyl groups is 2. The van der Waals surface area contributed by atoms with Crippen LogP contribution in [-0.2, 0) is 0 Å². The van der Waals surface area contributed by atoms with E-state index in [4.69, 9.17) is 0 Å². The first-order chi connectivity index (χ1) is 13.1. The highest BCUT2D eigenvalue weighted by molar-refractivity contribution is 6.23. The third-order valence-electron chi connectivity index (χ3n) is 4.56. The fraction of sp³-hybridized carbons (Fsp3) is 0.231. The van der Waals surface area contributed by atoms with Crippen molar-refractivity contribution in [2.24, 2.45) is 0 Å². The quantitative estimate of drug-likeness (QED) is 0.346. The summed E-state index contributed by atoms with van der Waals surface area (Å²) >= 11 is 0. The lowest BCUT2D eigenvalue weighted by Crippen LogP contribution is -2.14. The highest BCUT2D eigenvalue weighted by Gasteiger charge is 2.11. The highest BCUT2D eigenvalue weighted by atomic mass is 16.3. The predicted molar refractivity (Wildman–Crippen MR) is 116 cm³/mol. The maximum Gasteiger partial charge on any atom is 0.120 e. The summed E-state index contributed by atoms with van der Waals surface area (Å²) in [6.45, 7) is 6.73. The normalized spacial score (nSPS) is 12.1. The average molecular weight is 366 g/mol. The lowest BCUT2D eigenvalue weighted by atomic mass is 9.91. The molecular formula is C26H22O2. The maximum absolute atomic E-state index is 9.88. The Morgan fingerprint density at radius 3 is 1.11 bits per heavy atom. The van der Waals surface area contributed by atoms with E-state index in [2.05, 4.69) is 72.2 Å². The van der Waals surface area contributed by atoms with Gasteiger partial charge in [-0.2, -0.15) is 0 Å². The molecule has 138 valence electrons. The predicted octanol–water partition coefficient (Wildman–Crippen LogP) is 4.83. The molecule has 4 aromatic rings. The second-order valence-corrected chi connectivity index (χ2v) is 8.34. The summed E-state index contributed by atoms with van der Waals surface area (Å²) < 4.78 is 0. The highest BCUT2D eigenvalue weighted by Crippen LogP contribution is 2.35. The van der Waals surface area contributed by atoms with Crippen LogP contribution >= 0.6 is 0 Å². The van der Waals surface area contributed by atoms with Crippen molar-refractivity contribution in [2.45, 2.75) is 38.9 Å². The molecule has 0 atom stereocenters. The first kappa shape index (κ1) is 18.3. The monoisotopic (exact) mass is 366 g/mol. The van der Waals surface area contributed by atoms with Crippen LogP contribution in [0.2, 0.25) is 0 Å². The van der Waals surface area contributed by atoms with Gasteiger partial charge in [0.05, 0.1) is 0 Å². The van der Waals surface area contributed by atoms with Gasteiger partial charge < -0.3 is 10.2 Å². The van der Waals surface area contributed by atoms with Crippen molar-refractivity contribution in [2.75, 3.05) is 0 Å². The Morgan fingerprint density at radius 2 is 0.857 bits per heavy atom. The molecule has 0 saturated heterocycles. The first-order valence-corrected chi connectivity index (χ1v) is 9.33. The Labute approximate surface area is 165 Å². The van der Waals surface area contributed by atoms with Crippen LogP contribution in [0.5, 0.6) is 0 Å². The standard InChI is InChI=1S/C26H22O2/c1-25(2,27)11-9-17-13-19-5-7-21-15-18(10-12-26(3,4)28)16-22-8-6-20(14-17)23(19)24(21)22/h5-8,13-16,27-28H,1-4H3. The van der Waals surface area contributed by atoms with Crippen molar-refractivity contribution in [1.82, 2.24) is 0 Å². The molecule has 2 heteroatoms. The van der Waals surface area contributed by atoms with Crippen molar-refractivity contribution >= 4 is 32.3 Å². The molecule has 2 N–H and O–H groups in total. The van der Waals surface area contributed by atoms with Gasteiger partial charge in [-0.25, -0.2) is 0 Å². The maximum atomic E-state index is 9.88. The molecule has 0 amide bonds. The van der Waals surface area contributed by atoms with Gasteiger partial charge in [0.2, 0.25) is 0 Å². The van der Waals surface area contributed by atoms with Crippen molar-refractivity contribution in [3.05, 3.63) is 59.7 Å². The molecule has 0 fully saturated rings. The number of rotatable bonds is 0. The lowest BCUT2D eigenvalue weighted by molar-refractivity contribution is 0.143. The molecule has 0 aliphatic carbocycles.